The minimum absolute atomic E-state index is 0.503. The summed E-state index contributed by atoms with van der Waals surface area (Å²) in [6.07, 6.45) is 0.804. The van der Waals surface area contributed by atoms with Gasteiger partial charge in [-0.05, 0) is 31.9 Å². The van der Waals surface area contributed by atoms with Gasteiger partial charge >= 0.3 is 0 Å². The average molecular weight is 197 g/mol. The van der Waals surface area contributed by atoms with Crippen LogP contribution >= 0.6 is 0 Å². The molecule has 0 fully saturated rings. The number of hydrogen-bond donors (Lipinski definition) is 0. The van der Waals surface area contributed by atoms with Crippen molar-refractivity contribution in [2.45, 2.75) is 27.2 Å². The first-order chi connectivity index (χ1) is 6.54. The number of nitrogens with zero attached hydrogens (tertiary/aromatic N) is 1. The number of aryl methyl sites for hydroxylation is 1. The maximum Gasteiger partial charge on any atom is 0.160 e. The van der Waals surface area contributed by atoms with Gasteiger partial charge in [0.25, 0.3) is 0 Å². The SMILES string of the molecule is CCC(C)=Nc1cc(F)c(F)cc1C. The van der Waals surface area contributed by atoms with Crippen molar-refractivity contribution in [3.8, 4) is 0 Å². The van der Waals surface area contributed by atoms with Crippen LogP contribution in [0.25, 0.3) is 0 Å². The van der Waals surface area contributed by atoms with Gasteiger partial charge in [-0.15, -0.1) is 0 Å². The van der Waals surface area contributed by atoms with E-state index in [1.54, 1.807) is 6.92 Å². The van der Waals surface area contributed by atoms with E-state index in [-0.39, 0.29) is 0 Å². The average Bonchev–Trinajstić information content (AvgIpc) is 2.14. The molecule has 76 valence electrons. The van der Waals surface area contributed by atoms with Crippen LogP contribution in [0.5, 0.6) is 0 Å². The van der Waals surface area contributed by atoms with E-state index in [4.69, 9.17) is 0 Å². The highest BCUT2D eigenvalue weighted by atomic mass is 19.2. The van der Waals surface area contributed by atoms with Crippen molar-refractivity contribution in [2.24, 2.45) is 4.99 Å². The minimum Gasteiger partial charge on any atom is -0.258 e. The number of hydrogen-bond acceptors (Lipinski definition) is 1. The summed E-state index contributed by atoms with van der Waals surface area (Å²) in [5.74, 6) is -1.67. The van der Waals surface area contributed by atoms with Crippen molar-refractivity contribution in [1.29, 1.82) is 0 Å². The van der Waals surface area contributed by atoms with Crippen LogP contribution in [0.15, 0.2) is 17.1 Å². The first-order valence-corrected chi connectivity index (χ1v) is 4.54. The summed E-state index contributed by atoms with van der Waals surface area (Å²) < 4.78 is 25.6. The Kier molecular flexibility index (Phi) is 3.33. The van der Waals surface area contributed by atoms with E-state index in [1.165, 1.54) is 0 Å². The predicted octanol–water partition coefficient (Wildman–Crippen LogP) is 3.78. The van der Waals surface area contributed by atoms with Gasteiger partial charge in [0.05, 0.1) is 5.69 Å². The van der Waals surface area contributed by atoms with Crippen molar-refractivity contribution in [3.63, 3.8) is 0 Å². The van der Waals surface area contributed by atoms with Gasteiger partial charge in [0, 0.05) is 11.8 Å². The fourth-order valence-corrected chi connectivity index (χ4v) is 1.04. The highest BCUT2D eigenvalue weighted by Gasteiger charge is 2.05. The Hall–Kier alpha value is -1.25. The first-order valence-electron chi connectivity index (χ1n) is 4.54. The van der Waals surface area contributed by atoms with Crippen molar-refractivity contribution < 1.29 is 8.78 Å². The topological polar surface area (TPSA) is 12.4 Å². The molecule has 3 heteroatoms. The van der Waals surface area contributed by atoms with Crippen molar-refractivity contribution in [1.82, 2.24) is 0 Å². The lowest BCUT2D eigenvalue weighted by molar-refractivity contribution is 0.508. The summed E-state index contributed by atoms with van der Waals surface area (Å²) in [6.45, 7) is 5.54. The van der Waals surface area contributed by atoms with Crippen LogP contribution in [0.3, 0.4) is 0 Å². The fourth-order valence-electron chi connectivity index (χ4n) is 1.04. The Morgan fingerprint density at radius 3 is 2.43 bits per heavy atom. The lowest BCUT2D eigenvalue weighted by Gasteiger charge is -2.02. The van der Waals surface area contributed by atoms with Crippen LogP contribution in [0.4, 0.5) is 14.5 Å². The second-order valence-electron chi connectivity index (χ2n) is 3.25. The predicted molar refractivity (Wildman–Crippen MR) is 54.2 cm³/mol. The quantitative estimate of drug-likeness (QED) is 0.640. The zero-order valence-electron chi connectivity index (χ0n) is 8.56. The van der Waals surface area contributed by atoms with Crippen LogP contribution in [0.2, 0.25) is 0 Å². The van der Waals surface area contributed by atoms with E-state index in [1.807, 2.05) is 13.8 Å². The summed E-state index contributed by atoms with van der Waals surface area (Å²) in [5.41, 5.74) is 2.05. The highest BCUT2D eigenvalue weighted by molar-refractivity contribution is 5.84. The Morgan fingerprint density at radius 1 is 1.29 bits per heavy atom. The number of rotatable bonds is 2. The van der Waals surface area contributed by atoms with Crippen LogP contribution in [-0.4, -0.2) is 5.71 Å². The monoisotopic (exact) mass is 197 g/mol. The standard InChI is InChI=1S/C11H13F2N/c1-4-8(3)14-11-6-10(13)9(12)5-7(11)2/h5-6H,4H2,1-3H3. The molecule has 1 rings (SSSR count). The van der Waals surface area contributed by atoms with Gasteiger partial charge in [-0.2, -0.15) is 0 Å². The lowest BCUT2D eigenvalue weighted by Crippen LogP contribution is -1.90. The van der Waals surface area contributed by atoms with Crippen molar-refractivity contribution in [2.75, 3.05) is 0 Å². The van der Waals surface area contributed by atoms with E-state index in [9.17, 15) is 8.78 Å². The Balaban J connectivity index is 3.16. The summed E-state index contributed by atoms with van der Waals surface area (Å²) in [6, 6.07) is 2.29. The van der Waals surface area contributed by atoms with E-state index in [0.717, 1.165) is 24.3 Å². The molecule has 1 aromatic carbocycles. The third-order valence-corrected chi connectivity index (χ3v) is 2.06. The lowest BCUT2D eigenvalue weighted by atomic mass is 10.2. The van der Waals surface area contributed by atoms with E-state index >= 15 is 0 Å². The Labute approximate surface area is 82.5 Å². The third-order valence-electron chi connectivity index (χ3n) is 2.06. The molecule has 0 aliphatic carbocycles. The van der Waals surface area contributed by atoms with Gasteiger partial charge in [-0.1, -0.05) is 6.92 Å². The summed E-state index contributed by atoms with van der Waals surface area (Å²) in [7, 11) is 0. The summed E-state index contributed by atoms with van der Waals surface area (Å²) in [5, 5.41) is 0. The molecule has 0 heterocycles. The summed E-state index contributed by atoms with van der Waals surface area (Å²) >= 11 is 0. The molecule has 0 aliphatic rings. The molecule has 0 unspecified atom stereocenters. The zero-order chi connectivity index (χ0) is 10.7. The molecule has 0 aromatic heterocycles. The number of aliphatic imine (C=N–C) groups is 1. The van der Waals surface area contributed by atoms with Gasteiger partial charge in [0.2, 0.25) is 0 Å². The molecule has 1 aromatic rings. The van der Waals surface area contributed by atoms with Gasteiger partial charge < -0.3 is 0 Å². The van der Waals surface area contributed by atoms with E-state index in [0.29, 0.717) is 11.3 Å². The van der Waals surface area contributed by atoms with E-state index < -0.39 is 11.6 Å². The van der Waals surface area contributed by atoms with Crippen LogP contribution in [0, 0.1) is 18.6 Å². The molecule has 0 saturated carbocycles. The van der Waals surface area contributed by atoms with Gasteiger partial charge in [-0.25, -0.2) is 8.78 Å². The molecular weight excluding hydrogens is 184 g/mol. The second kappa shape index (κ2) is 4.31. The normalized spacial score (nSPS) is 11.9. The molecule has 0 aliphatic heterocycles. The molecule has 0 bridgehead atoms. The van der Waals surface area contributed by atoms with Crippen molar-refractivity contribution >= 4 is 11.4 Å². The zero-order valence-corrected chi connectivity index (χ0v) is 8.56. The van der Waals surface area contributed by atoms with Gasteiger partial charge in [-0.3, -0.25) is 4.99 Å². The smallest absolute Gasteiger partial charge is 0.160 e. The molecule has 0 amide bonds. The van der Waals surface area contributed by atoms with E-state index in [2.05, 4.69) is 4.99 Å². The summed E-state index contributed by atoms with van der Waals surface area (Å²) in [4.78, 5) is 4.19. The van der Waals surface area contributed by atoms with Crippen molar-refractivity contribution in [3.05, 3.63) is 29.3 Å². The fraction of sp³-hybridized carbons (Fsp3) is 0.364. The van der Waals surface area contributed by atoms with Crippen LogP contribution < -0.4 is 0 Å². The van der Waals surface area contributed by atoms with Gasteiger partial charge in [0.15, 0.2) is 11.6 Å². The molecule has 0 atom stereocenters. The molecular formula is C11H13F2N. The van der Waals surface area contributed by atoms with Crippen LogP contribution in [-0.2, 0) is 0 Å². The maximum atomic E-state index is 12.9. The molecule has 0 spiro atoms. The van der Waals surface area contributed by atoms with Crippen LogP contribution in [0.1, 0.15) is 25.8 Å². The molecule has 0 radical (unpaired) electrons. The molecule has 0 saturated heterocycles. The third kappa shape index (κ3) is 2.37. The first kappa shape index (κ1) is 10.8. The second-order valence-corrected chi connectivity index (χ2v) is 3.25. The van der Waals surface area contributed by atoms with Gasteiger partial charge in [0.1, 0.15) is 0 Å². The maximum absolute atomic E-state index is 12.9. The number of benzene rings is 1. The molecule has 1 nitrogen and oxygen atoms in total. The molecule has 0 N–H and O–H groups in total. The largest absolute Gasteiger partial charge is 0.258 e. The minimum atomic E-state index is -0.849. The highest BCUT2D eigenvalue weighted by Crippen LogP contribution is 2.22. The Bertz CT molecular complexity index is 370. The number of halogens is 2. The molecule has 14 heavy (non-hydrogen) atoms. The Morgan fingerprint density at radius 2 is 1.86 bits per heavy atom.